The Morgan fingerprint density at radius 2 is 1.94 bits per heavy atom. The van der Waals surface area contributed by atoms with Crippen LogP contribution in [0.5, 0.6) is 0 Å². The van der Waals surface area contributed by atoms with Crippen molar-refractivity contribution in [3.05, 3.63) is 0 Å². The summed E-state index contributed by atoms with van der Waals surface area (Å²) in [5.74, 6) is -3.01. The highest BCUT2D eigenvalue weighted by Gasteiger charge is 2.21. The van der Waals surface area contributed by atoms with Gasteiger partial charge in [0.25, 0.3) is 6.43 Å². The van der Waals surface area contributed by atoms with Crippen molar-refractivity contribution in [1.82, 2.24) is 5.32 Å². The van der Waals surface area contributed by atoms with E-state index in [4.69, 9.17) is 10.8 Å². The van der Waals surface area contributed by atoms with Gasteiger partial charge in [-0.1, -0.05) is 0 Å². The molecule has 0 saturated carbocycles. The summed E-state index contributed by atoms with van der Waals surface area (Å²) in [5.41, 5.74) is 4.80. The molecule has 0 heterocycles. The quantitative estimate of drug-likeness (QED) is 0.468. The second kappa shape index (κ2) is 8.34. The third-order valence-electron chi connectivity index (χ3n) is 1.76. The molecule has 0 aliphatic carbocycles. The molecule has 9 heteroatoms. The number of hydrogen-bond donors (Lipinski definition) is 3. The summed E-state index contributed by atoms with van der Waals surface area (Å²) in [7, 11) is 0. The van der Waals surface area contributed by atoms with Crippen molar-refractivity contribution in [2.75, 3.05) is 13.2 Å². The lowest BCUT2D eigenvalue weighted by atomic mass is 10.2. The maximum Gasteiger partial charge on any atom is 0.326 e. The minimum atomic E-state index is -2.63. The molecule has 0 aromatic carbocycles. The van der Waals surface area contributed by atoms with Gasteiger partial charge in [-0.05, 0) is 0 Å². The number of alkyl halides is 2. The number of carbonyl (C=O) groups excluding carboxylic acids is 2. The zero-order valence-corrected chi connectivity index (χ0v) is 9.40. The molecule has 0 aliphatic heterocycles. The number of amides is 2. The number of halogens is 2. The van der Waals surface area contributed by atoms with Gasteiger partial charge in [0.15, 0.2) is 0 Å². The van der Waals surface area contributed by atoms with Gasteiger partial charge in [0, 0.05) is 6.42 Å². The number of nitrogens with two attached hydrogens (primary N) is 1. The van der Waals surface area contributed by atoms with E-state index in [2.05, 4.69) is 4.74 Å². The zero-order valence-electron chi connectivity index (χ0n) is 9.40. The minimum Gasteiger partial charge on any atom is -0.480 e. The Morgan fingerprint density at radius 3 is 2.39 bits per heavy atom. The second-order valence-corrected chi connectivity index (χ2v) is 3.34. The number of carboxylic acid groups (broad SMARTS) is 1. The first-order chi connectivity index (χ1) is 8.32. The summed E-state index contributed by atoms with van der Waals surface area (Å²) in [6, 6.07) is -1.43. The SMILES string of the molecule is NC(=O)CC(NC(=O)CCOCC(F)F)C(=O)O. The van der Waals surface area contributed by atoms with Crippen molar-refractivity contribution in [2.45, 2.75) is 25.3 Å². The molecule has 7 nitrogen and oxygen atoms in total. The van der Waals surface area contributed by atoms with Gasteiger partial charge in [-0.25, -0.2) is 13.6 Å². The van der Waals surface area contributed by atoms with E-state index in [1.807, 2.05) is 5.32 Å². The lowest BCUT2D eigenvalue weighted by Crippen LogP contribution is -2.43. The molecule has 0 rings (SSSR count). The molecule has 0 saturated heterocycles. The molecule has 18 heavy (non-hydrogen) atoms. The lowest BCUT2D eigenvalue weighted by Gasteiger charge is -2.12. The summed E-state index contributed by atoms with van der Waals surface area (Å²) in [6.45, 7) is -1.06. The fourth-order valence-electron chi connectivity index (χ4n) is 1.01. The van der Waals surface area contributed by atoms with Crippen molar-refractivity contribution >= 4 is 17.8 Å². The summed E-state index contributed by atoms with van der Waals surface area (Å²) in [4.78, 5) is 32.4. The molecule has 0 bridgehead atoms. The summed E-state index contributed by atoms with van der Waals surface area (Å²) < 4.78 is 27.8. The molecule has 1 unspecified atom stereocenters. The number of carboxylic acids is 1. The highest BCUT2D eigenvalue weighted by molar-refractivity contribution is 5.88. The second-order valence-electron chi connectivity index (χ2n) is 3.34. The number of ether oxygens (including phenoxy) is 1. The van der Waals surface area contributed by atoms with E-state index in [0.29, 0.717) is 0 Å². The van der Waals surface area contributed by atoms with E-state index in [9.17, 15) is 23.2 Å². The Kier molecular flexibility index (Phi) is 7.52. The maximum atomic E-state index is 11.7. The number of nitrogens with one attached hydrogen (secondary N) is 1. The van der Waals surface area contributed by atoms with Crippen LogP contribution in [-0.4, -0.2) is 48.6 Å². The summed E-state index contributed by atoms with van der Waals surface area (Å²) in [6.07, 6.45) is -3.46. The van der Waals surface area contributed by atoms with Crippen LogP contribution in [0.4, 0.5) is 8.78 Å². The van der Waals surface area contributed by atoms with Crippen LogP contribution in [0.25, 0.3) is 0 Å². The number of primary amides is 1. The molecule has 0 spiro atoms. The van der Waals surface area contributed by atoms with Crippen LogP contribution in [-0.2, 0) is 19.1 Å². The Bertz CT molecular complexity index is 311. The molecule has 4 N–H and O–H groups in total. The average Bonchev–Trinajstić information content (AvgIpc) is 2.22. The van der Waals surface area contributed by atoms with Crippen molar-refractivity contribution < 1.29 is 33.0 Å². The minimum absolute atomic E-state index is 0.265. The molecule has 0 aromatic heterocycles. The van der Waals surface area contributed by atoms with E-state index in [-0.39, 0.29) is 13.0 Å². The Balaban J connectivity index is 3.95. The molecular formula is C9H14F2N2O5. The molecular weight excluding hydrogens is 254 g/mol. The Labute approximate surface area is 101 Å². The molecule has 1 atom stereocenters. The van der Waals surface area contributed by atoms with Crippen LogP contribution in [0.1, 0.15) is 12.8 Å². The molecule has 2 amide bonds. The summed E-state index contributed by atoms with van der Waals surface area (Å²) >= 11 is 0. The van der Waals surface area contributed by atoms with Crippen LogP contribution in [0.2, 0.25) is 0 Å². The zero-order chi connectivity index (χ0) is 14.1. The van der Waals surface area contributed by atoms with Gasteiger partial charge in [0.2, 0.25) is 11.8 Å². The average molecular weight is 268 g/mol. The molecule has 0 fully saturated rings. The van der Waals surface area contributed by atoms with Gasteiger partial charge < -0.3 is 20.9 Å². The topological polar surface area (TPSA) is 119 Å². The van der Waals surface area contributed by atoms with Gasteiger partial charge in [-0.15, -0.1) is 0 Å². The van der Waals surface area contributed by atoms with Gasteiger partial charge in [-0.3, -0.25) is 9.59 Å². The van der Waals surface area contributed by atoms with E-state index >= 15 is 0 Å². The smallest absolute Gasteiger partial charge is 0.326 e. The van der Waals surface area contributed by atoms with Gasteiger partial charge in [0.05, 0.1) is 13.0 Å². The number of aliphatic carboxylic acids is 1. The van der Waals surface area contributed by atoms with Gasteiger partial charge in [-0.2, -0.15) is 0 Å². The van der Waals surface area contributed by atoms with Crippen molar-refractivity contribution in [2.24, 2.45) is 5.73 Å². The van der Waals surface area contributed by atoms with Crippen LogP contribution in [0.15, 0.2) is 0 Å². The van der Waals surface area contributed by atoms with E-state index in [0.717, 1.165) is 0 Å². The van der Waals surface area contributed by atoms with Crippen molar-refractivity contribution in [1.29, 1.82) is 0 Å². The van der Waals surface area contributed by atoms with Crippen molar-refractivity contribution in [3.8, 4) is 0 Å². The normalized spacial score (nSPS) is 12.2. The standard InChI is InChI=1S/C9H14F2N2O5/c10-6(11)4-18-2-1-8(15)13-5(9(16)17)3-7(12)14/h5-6H,1-4H2,(H2,12,14)(H,13,15)(H,16,17). The molecule has 104 valence electrons. The molecule has 0 aromatic rings. The van der Waals surface area contributed by atoms with Crippen molar-refractivity contribution in [3.63, 3.8) is 0 Å². The highest BCUT2D eigenvalue weighted by Crippen LogP contribution is 1.96. The first-order valence-electron chi connectivity index (χ1n) is 4.99. The fraction of sp³-hybridized carbons (Fsp3) is 0.667. The highest BCUT2D eigenvalue weighted by atomic mass is 19.3. The lowest BCUT2D eigenvalue weighted by molar-refractivity contribution is -0.143. The van der Waals surface area contributed by atoms with Gasteiger partial charge in [0.1, 0.15) is 12.6 Å². The number of hydrogen-bond acceptors (Lipinski definition) is 4. The third-order valence-corrected chi connectivity index (χ3v) is 1.76. The van der Waals surface area contributed by atoms with Crippen LogP contribution in [0, 0.1) is 0 Å². The number of carbonyl (C=O) groups is 3. The third kappa shape index (κ3) is 8.39. The fourth-order valence-corrected chi connectivity index (χ4v) is 1.01. The van der Waals surface area contributed by atoms with E-state index in [1.165, 1.54) is 0 Å². The predicted molar refractivity (Wildman–Crippen MR) is 54.8 cm³/mol. The first kappa shape index (κ1) is 16.2. The van der Waals surface area contributed by atoms with Crippen LogP contribution in [0.3, 0.4) is 0 Å². The monoisotopic (exact) mass is 268 g/mol. The Hall–Kier alpha value is -1.77. The predicted octanol–water partition coefficient (Wildman–Crippen LogP) is -0.897. The van der Waals surface area contributed by atoms with E-state index in [1.54, 1.807) is 0 Å². The maximum absolute atomic E-state index is 11.7. The van der Waals surface area contributed by atoms with E-state index < -0.39 is 43.3 Å². The van der Waals surface area contributed by atoms with Crippen LogP contribution >= 0.6 is 0 Å². The molecule has 0 aliphatic rings. The Morgan fingerprint density at radius 1 is 1.33 bits per heavy atom. The van der Waals surface area contributed by atoms with Gasteiger partial charge >= 0.3 is 5.97 Å². The van der Waals surface area contributed by atoms with Crippen LogP contribution < -0.4 is 11.1 Å². The summed E-state index contributed by atoms with van der Waals surface area (Å²) in [5, 5.41) is 10.7. The largest absolute Gasteiger partial charge is 0.480 e. The number of rotatable bonds is 9. The first-order valence-corrected chi connectivity index (χ1v) is 4.99. The molecule has 0 radical (unpaired) electrons.